The number of piperazine rings is 1. The van der Waals surface area contributed by atoms with Gasteiger partial charge in [-0.25, -0.2) is 0 Å². The zero-order valence-electron chi connectivity index (χ0n) is 13.2. The van der Waals surface area contributed by atoms with Crippen molar-refractivity contribution in [1.82, 2.24) is 9.80 Å². The predicted molar refractivity (Wildman–Crippen MR) is 84.3 cm³/mol. The van der Waals surface area contributed by atoms with Crippen molar-refractivity contribution in [3.05, 3.63) is 35.9 Å². The lowest BCUT2D eigenvalue weighted by Crippen LogP contribution is -2.52. The number of carbonyl (C=O) groups excluding carboxylic acids is 2. The van der Waals surface area contributed by atoms with Crippen LogP contribution in [0.3, 0.4) is 0 Å². The first-order valence-electron chi connectivity index (χ1n) is 7.77. The Morgan fingerprint density at radius 2 is 1.59 bits per heavy atom. The van der Waals surface area contributed by atoms with E-state index in [1.165, 1.54) is 0 Å². The van der Waals surface area contributed by atoms with Crippen LogP contribution in [0.2, 0.25) is 0 Å². The molecule has 1 unspecified atom stereocenters. The first kappa shape index (κ1) is 16.5. The molecular weight excluding hydrogens is 280 g/mol. The topological polar surface area (TPSA) is 60.9 Å². The van der Waals surface area contributed by atoms with Crippen LogP contribution in [0.1, 0.15) is 25.3 Å². The summed E-state index contributed by atoms with van der Waals surface area (Å²) < 4.78 is 0. The fourth-order valence-electron chi connectivity index (χ4n) is 2.95. The van der Waals surface area contributed by atoms with Crippen LogP contribution in [0.4, 0.5) is 0 Å². The average molecular weight is 304 g/mol. The first-order chi connectivity index (χ1) is 10.5. The van der Waals surface area contributed by atoms with Crippen molar-refractivity contribution < 1.29 is 14.7 Å². The monoisotopic (exact) mass is 304 g/mol. The molecule has 1 saturated heterocycles. The molecule has 5 heteroatoms. The zero-order valence-corrected chi connectivity index (χ0v) is 13.2. The standard InChI is InChI=1S/C17H24N2O3/c1-13(2)16(14-6-4-3-5-7-14)17(22)19-10-8-18(9-11-19)15(21)12-20/h3-7,13,16,20H,8-12H2,1-2H3. The summed E-state index contributed by atoms with van der Waals surface area (Å²) in [6.45, 7) is 5.69. The van der Waals surface area contributed by atoms with E-state index in [9.17, 15) is 9.59 Å². The van der Waals surface area contributed by atoms with Gasteiger partial charge in [-0.05, 0) is 11.5 Å². The molecule has 0 saturated carbocycles. The van der Waals surface area contributed by atoms with Gasteiger partial charge in [-0.15, -0.1) is 0 Å². The molecule has 120 valence electrons. The Bertz CT molecular complexity index is 508. The second-order valence-corrected chi connectivity index (χ2v) is 6.00. The molecule has 0 aliphatic carbocycles. The van der Waals surface area contributed by atoms with Gasteiger partial charge in [-0.3, -0.25) is 9.59 Å². The number of hydrogen-bond acceptors (Lipinski definition) is 3. The number of hydrogen-bond donors (Lipinski definition) is 1. The van der Waals surface area contributed by atoms with Gasteiger partial charge in [-0.2, -0.15) is 0 Å². The Balaban J connectivity index is 2.05. The number of amides is 2. The van der Waals surface area contributed by atoms with E-state index in [4.69, 9.17) is 5.11 Å². The lowest BCUT2D eigenvalue weighted by Gasteiger charge is -2.37. The molecule has 1 N–H and O–H groups in total. The van der Waals surface area contributed by atoms with E-state index in [2.05, 4.69) is 13.8 Å². The summed E-state index contributed by atoms with van der Waals surface area (Å²) in [5.74, 6) is -0.0823. The highest BCUT2D eigenvalue weighted by molar-refractivity contribution is 5.84. The second-order valence-electron chi connectivity index (χ2n) is 6.00. The minimum atomic E-state index is -0.466. The summed E-state index contributed by atoms with van der Waals surface area (Å²) in [5, 5.41) is 8.90. The van der Waals surface area contributed by atoms with Gasteiger partial charge in [0.2, 0.25) is 11.8 Å². The third-order valence-corrected chi connectivity index (χ3v) is 4.17. The molecule has 1 aliphatic rings. The summed E-state index contributed by atoms with van der Waals surface area (Å²) >= 11 is 0. The Morgan fingerprint density at radius 1 is 1.05 bits per heavy atom. The van der Waals surface area contributed by atoms with Crippen LogP contribution in [0.5, 0.6) is 0 Å². The molecule has 22 heavy (non-hydrogen) atoms. The minimum Gasteiger partial charge on any atom is -0.387 e. The van der Waals surface area contributed by atoms with E-state index >= 15 is 0 Å². The SMILES string of the molecule is CC(C)C(C(=O)N1CCN(C(=O)CO)CC1)c1ccccc1. The summed E-state index contributed by atoms with van der Waals surface area (Å²) in [6, 6.07) is 9.85. The molecule has 0 bridgehead atoms. The number of nitrogens with zero attached hydrogens (tertiary/aromatic N) is 2. The van der Waals surface area contributed by atoms with Crippen LogP contribution in [0.15, 0.2) is 30.3 Å². The maximum Gasteiger partial charge on any atom is 0.248 e. The van der Waals surface area contributed by atoms with Gasteiger partial charge in [0.25, 0.3) is 0 Å². The van der Waals surface area contributed by atoms with Gasteiger partial charge in [0.1, 0.15) is 6.61 Å². The van der Waals surface area contributed by atoms with Crippen molar-refractivity contribution in [1.29, 1.82) is 0 Å². The average Bonchev–Trinajstić information content (AvgIpc) is 2.55. The fourth-order valence-corrected chi connectivity index (χ4v) is 2.95. The molecule has 2 amide bonds. The van der Waals surface area contributed by atoms with Crippen molar-refractivity contribution in [2.45, 2.75) is 19.8 Å². The third-order valence-electron chi connectivity index (χ3n) is 4.17. The van der Waals surface area contributed by atoms with E-state index < -0.39 is 6.61 Å². The smallest absolute Gasteiger partial charge is 0.248 e. The Morgan fingerprint density at radius 3 is 2.09 bits per heavy atom. The molecule has 0 spiro atoms. The van der Waals surface area contributed by atoms with Gasteiger partial charge < -0.3 is 14.9 Å². The van der Waals surface area contributed by atoms with Crippen molar-refractivity contribution in [2.75, 3.05) is 32.8 Å². The molecule has 1 aromatic rings. The van der Waals surface area contributed by atoms with Crippen LogP contribution in [0, 0.1) is 5.92 Å². The van der Waals surface area contributed by atoms with Crippen molar-refractivity contribution in [3.8, 4) is 0 Å². The van der Waals surface area contributed by atoms with Gasteiger partial charge in [0, 0.05) is 26.2 Å². The molecule has 0 radical (unpaired) electrons. The number of rotatable bonds is 4. The summed E-state index contributed by atoms with van der Waals surface area (Å²) in [4.78, 5) is 27.8. The lowest BCUT2D eigenvalue weighted by molar-refractivity contribution is -0.142. The molecule has 1 aliphatic heterocycles. The minimum absolute atomic E-state index is 0.122. The van der Waals surface area contributed by atoms with Gasteiger partial charge in [-0.1, -0.05) is 44.2 Å². The molecule has 2 rings (SSSR count). The summed E-state index contributed by atoms with van der Waals surface area (Å²) in [6.07, 6.45) is 0. The number of aliphatic hydroxyl groups excluding tert-OH is 1. The molecule has 1 atom stereocenters. The van der Waals surface area contributed by atoms with E-state index in [1.54, 1.807) is 4.90 Å². The zero-order chi connectivity index (χ0) is 16.1. The number of carbonyl (C=O) groups is 2. The Labute approximate surface area is 131 Å². The van der Waals surface area contributed by atoms with Crippen LogP contribution >= 0.6 is 0 Å². The first-order valence-corrected chi connectivity index (χ1v) is 7.77. The number of benzene rings is 1. The highest BCUT2D eigenvalue weighted by atomic mass is 16.3. The quantitative estimate of drug-likeness (QED) is 0.906. The molecular formula is C17H24N2O3. The van der Waals surface area contributed by atoms with Crippen LogP contribution in [-0.4, -0.2) is 59.5 Å². The molecule has 1 aromatic carbocycles. The number of aliphatic hydroxyl groups is 1. The highest BCUT2D eigenvalue weighted by Gasteiger charge is 2.31. The molecule has 1 fully saturated rings. The van der Waals surface area contributed by atoms with Crippen molar-refractivity contribution in [2.24, 2.45) is 5.92 Å². The Kier molecular flexibility index (Phi) is 5.55. The van der Waals surface area contributed by atoms with Gasteiger partial charge in [0.15, 0.2) is 0 Å². The van der Waals surface area contributed by atoms with Gasteiger partial charge in [0.05, 0.1) is 5.92 Å². The maximum atomic E-state index is 12.9. The largest absolute Gasteiger partial charge is 0.387 e. The third kappa shape index (κ3) is 3.65. The van der Waals surface area contributed by atoms with E-state index in [-0.39, 0.29) is 23.7 Å². The highest BCUT2D eigenvalue weighted by Crippen LogP contribution is 2.27. The molecule has 5 nitrogen and oxygen atoms in total. The molecule has 0 aromatic heterocycles. The van der Waals surface area contributed by atoms with E-state index in [0.717, 1.165) is 5.56 Å². The summed E-state index contributed by atoms with van der Waals surface area (Å²) in [5.41, 5.74) is 1.04. The maximum absolute atomic E-state index is 12.9. The van der Waals surface area contributed by atoms with E-state index in [1.807, 2.05) is 35.2 Å². The van der Waals surface area contributed by atoms with Crippen LogP contribution in [0.25, 0.3) is 0 Å². The van der Waals surface area contributed by atoms with Crippen LogP contribution in [-0.2, 0) is 9.59 Å². The molecule has 1 heterocycles. The normalized spacial score (nSPS) is 16.7. The fraction of sp³-hybridized carbons (Fsp3) is 0.529. The van der Waals surface area contributed by atoms with Gasteiger partial charge >= 0.3 is 0 Å². The summed E-state index contributed by atoms with van der Waals surface area (Å²) in [7, 11) is 0. The van der Waals surface area contributed by atoms with Crippen molar-refractivity contribution >= 4 is 11.8 Å². The Hall–Kier alpha value is -1.88. The second kappa shape index (κ2) is 7.40. The van der Waals surface area contributed by atoms with Crippen LogP contribution < -0.4 is 0 Å². The lowest BCUT2D eigenvalue weighted by atomic mass is 9.87. The predicted octanol–water partition coefficient (Wildman–Crippen LogP) is 1.09. The van der Waals surface area contributed by atoms with Crippen molar-refractivity contribution in [3.63, 3.8) is 0 Å². The van der Waals surface area contributed by atoms with E-state index in [0.29, 0.717) is 26.2 Å².